The summed E-state index contributed by atoms with van der Waals surface area (Å²) >= 11 is 0. The van der Waals surface area contributed by atoms with E-state index < -0.39 is 6.10 Å². The van der Waals surface area contributed by atoms with E-state index in [0.717, 1.165) is 54.2 Å². The SMILES string of the molecule is CC(=O)[C@@H](C)Oc1cc2c(c3oc(=O)c4c(c13)CCC4)CCC(C)(C)O2. The molecule has 2 heterocycles. The molecule has 26 heavy (non-hydrogen) atoms. The number of benzene rings is 1. The fraction of sp³-hybridized carbons (Fsp3) is 0.524. The van der Waals surface area contributed by atoms with Crippen LogP contribution in [0.3, 0.4) is 0 Å². The highest BCUT2D eigenvalue weighted by atomic mass is 16.5. The number of hydrogen-bond acceptors (Lipinski definition) is 5. The minimum absolute atomic E-state index is 0.0499. The molecular weight excluding hydrogens is 332 g/mol. The van der Waals surface area contributed by atoms with Crippen molar-refractivity contribution in [3.8, 4) is 11.5 Å². The van der Waals surface area contributed by atoms with Gasteiger partial charge in [0.1, 0.15) is 22.7 Å². The van der Waals surface area contributed by atoms with E-state index >= 15 is 0 Å². The van der Waals surface area contributed by atoms with Gasteiger partial charge in [-0.25, -0.2) is 4.79 Å². The second-order valence-corrected chi connectivity index (χ2v) is 7.99. The van der Waals surface area contributed by atoms with Gasteiger partial charge in [0.2, 0.25) is 0 Å². The van der Waals surface area contributed by atoms with E-state index in [2.05, 4.69) is 0 Å². The van der Waals surface area contributed by atoms with Gasteiger partial charge in [0.15, 0.2) is 11.9 Å². The zero-order valence-electron chi connectivity index (χ0n) is 15.7. The van der Waals surface area contributed by atoms with Gasteiger partial charge in [0.25, 0.3) is 0 Å². The molecule has 0 saturated heterocycles. The molecule has 5 heteroatoms. The Labute approximate surface area is 152 Å². The molecule has 1 aromatic carbocycles. The molecule has 5 nitrogen and oxygen atoms in total. The molecule has 0 radical (unpaired) electrons. The molecule has 0 saturated carbocycles. The smallest absolute Gasteiger partial charge is 0.339 e. The number of hydrogen-bond donors (Lipinski definition) is 0. The average Bonchev–Trinajstić information content (AvgIpc) is 3.03. The summed E-state index contributed by atoms with van der Waals surface area (Å²) in [5.41, 5.74) is 2.70. The fourth-order valence-corrected chi connectivity index (χ4v) is 3.92. The Balaban J connectivity index is 2.00. The first-order valence-electron chi connectivity index (χ1n) is 9.27. The first-order valence-corrected chi connectivity index (χ1v) is 9.27. The van der Waals surface area contributed by atoms with E-state index in [1.165, 1.54) is 6.92 Å². The fourth-order valence-electron chi connectivity index (χ4n) is 3.92. The van der Waals surface area contributed by atoms with Crippen LogP contribution >= 0.6 is 0 Å². The monoisotopic (exact) mass is 356 g/mol. The van der Waals surface area contributed by atoms with Crippen LogP contribution in [0.2, 0.25) is 0 Å². The van der Waals surface area contributed by atoms with Gasteiger partial charge < -0.3 is 13.9 Å². The number of carbonyl (C=O) groups excluding carboxylic acids is 1. The first-order chi connectivity index (χ1) is 12.3. The Morgan fingerprint density at radius 2 is 1.92 bits per heavy atom. The summed E-state index contributed by atoms with van der Waals surface area (Å²) in [5.74, 6) is 1.20. The topological polar surface area (TPSA) is 65.7 Å². The van der Waals surface area contributed by atoms with Gasteiger partial charge in [-0.3, -0.25) is 4.79 Å². The maximum absolute atomic E-state index is 12.5. The van der Waals surface area contributed by atoms with Crippen molar-refractivity contribution in [2.75, 3.05) is 0 Å². The lowest BCUT2D eigenvalue weighted by molar-refractivity contribution is -0.122. The quantitative estimate of drug-likeness (QED) is 0.784. The van der Waals surface area contributed by atoms with Crippen LogP contribution in [-0.4, -0.2) is 17.5 Å². The van der Waals surface area contributed by atoms with Crippen molar-refractivity contribution in [3.63, 3.8) is 0 Å². The van der Waals surface area contributed by atoms with E-state index in [1.807, 2.05) is 19.9 Å². The van der Waals surface area contributed by atoms with Gasteiger partial charge >= 0.3 is 5.63 Å². The molecule has 4 rings (SSSR count). The third-order valence-electron chi connectivity index (χ3n) is 5.51. The lowest BCUT2D eigenvalue weighted by Crippen LogP contribution is -2.33. The van der Waals surface area contributed by atoms with Crippen molar-refractivity contribution in [1.29, 1.82) is 0 Å². The third-order valence-corrected chi connectivity index (χ3v) is 5.51. The molecule has 138 valence electrons. The Kier molecular flexibility index (Phi) is 3.86. The predicted octanol–water partition coefficient (Wildman–Crippen LogP) is 3.74. The van der Waals surface area contributed by atoms with Crippen LogP contribution < -0.4 is 15.1 Å². The predicted molar refractivity (Wildman–Crippen MR) is 98.3 cm³/mol. The Bertz CT molecular complexity index is 967. The summed E-state index contributed by atoms with van der Waals surface area (Å²) in [5, 5.41) is 0.840. The zero-order chi connectivity index (χ0) is 18.6. The second kappa shape index (κ2) is 5.86. The second-order valence-electron chi connectivity index (χ2n) is 7.99. The molecule has 0 spiro atoms. The van der Waals surface area contributed by atoms with E-state index in [1.54, 1.807) is 6.92 Å². The Morgan fingerprint density at radius 3 is 2.65 bits per heavy atom. The molecule has 1 atom stereocenters. The van der Waals surface area contributed by atoms with Gasteiger partial charge in [0, 0.05) is 17.2 Å². The molecule has 1 aromatic heterocycles. The number of ketones is 1. The highest BCUT2D eigenvalue weighted by molar-refractivity contribution is 5.93. The first kappa shape index (κ1) is 17.1. The number of Topliss-reactive ketones (excluding diaryl/α,β-unsaturated/α-hetero) is 1. The normalized spacial score (nSPS) is 18.8. The number of fused-ring (bicyclic) bond motifs is 5. The number of aryl methyl sites for hydroxylation is 2. The summed E-state index contributed by atoms with van der Waals surface area (Å²) in [6, 6.07) is 1.87. The Morgan fingerprint density at radius 1 is 1.19 bits per heavy atom. The number of ether oxygens (including phenoxy) is 2. The van der Waals surface area contributed by atoms with Crippen molar-refractivity contribution in [2.45, 2.75) is 71.5 Å². The van der Waals surface area contributed by atoms with E-state index in [0.29, 0.717) is 17.1 Å². The van der Waals surface area contributed by atoms with E-state index in [9.17, 15) is 9.59 Å². The minimum atomic E-state index is -0.572. The zero-order valence-corrected chi connectivity index (χ0v) is 15.7. The third kappa shape index (κ3) is 2.70. The van der Waals surface area contributed by atoms with Crippen LogP contribution in [0.4, 0.5) is 0 Å². The van der Waals surface area contributed by atoms with Gasteiger partial charge in [0.05, 0.1) is 5.39 Å². The van der Waals surface area contributed by atoms with Crippen molar-refractivity contribution in [1.82, 2.24) is 0 Å². The maximum Gasteiger partial charge on any atom is 0.339 e. The van der Waals surface area contributed by atoms with Crippen LogP contribution in [0.15, 0.2) is 15.3 Å². The van der Waals surface area contributed by atoms with Crippen LogP contribution in [0.1, 0.15) is 57.2 Å². The Hall–Kier alpha value is -2.30. The van der Waals surface area contributed by atoms with E-state index in [-0.39, 0.29) is 17.0 Å². The minimum Gasteiger partial charge on any atom is -0.487 e. The van der Waals surface area contributed by atoms with Gasteiger partial charge in [-0.2, -0.15) is 0 Å². The van der Waals surface area contributed by atoms with Crippen LogP contribution in [0.25, 0.3) is 11.0 Å². The lowest BCUT2D eigenvalue weighted by atomic mass is 9.91. The molecule has 1 aliphatic carbocycles. The summed E-state index contributed by atoms with van der Waals surface area (Å²) in [6.45, 7) is 7.32. The van der Waals surface area contributed by atoms with E-state index in [4.69, 9.17) is 13.9 Å². The number of carbonyl (C=O) groups is 1. The largest absolute Gasteiger partial charge is 0.487 e. The average molecular weight is 356 g/mol. The van der Waals surface area contributed by atoms with Crippen molar-refractivity contribution in [2.24, 2.45) is 0 Å². The van der Waals surface area contributed by atoms with Crippen molar-refractivity contribution >= 4 is 16.8 Å². The molecule has 0 N–H and O–H groups in total. The van der Waals surface area contributed by atoms with Gasteiger partial charge in [-0.05, 0) is 65.4 Å². The molecule has 0 bridgehead atoms. The van der Waals surface area contributed by atoms with Crippen LogP contribution in [0.5, 0.6) is 11.5 Å². The van der Waals surface area contributed by atoms with Gasteiger partial charge in [-0.15, -0.1) is 0 Å². The molecule has 0 unspecified atom stereocenters. The van der Waals surface area contributed by atoms with Gasteiger partial charge in [-0.1, -0.05) is 0 Å². The van der Waals surface area contributed by atoms with Crippen molar-refractivity contribution < 1.29 is 18.7 Å². The molecule has 2 aromatic rings. The van der Waals surface area contributed by atoms with Crippen LogP contribution in [-0.2, 0) is 24.1 Å². The highest BCUT2D eigenvalue weighted by Crippen LogP contribution is 2.44. The van der Waals surface area contributed by atoms with Crippen molar-refractivity contribution in [3.05, 3.63) is 33.2 Å². The standard InChI is InChI=1S/C21H24O5/c1-11(22)12(2)24-17-10-16-15(8-9-21(3,4)26-16)19-18(17)13-6-5-7-14(13)20(23)25-19/h10,12H,5-9H2,1-4H3/t12-/m1/s1. The number of rotatable bonds is 3. The summed E-state index contributed by atoms with van der Waals surface area (Å²) < 4.78 is 17.9. The molecule has 0 fully saturated rings. The molecule has 2 aliphatic rings. The lowest BCUT2D eigenvalue weighted by Gasteiger charge is -2.33. The van der Waals surface area contributed by atoms with Crippen LogP contribution in [0, 0.1) is 0 Å². The molecule has 0 amide bonds. The highest BCUT2D eigenvalue weighted by Gasteiger charge is 2.32. The molecular formula is C21H24O5. The maximum atomic E-state index is 12.5. The summed E-state index contributed by atoms with van der Waals surface area (Å²) in [6.07, 6.45) is 3.55. The summed E-state index contributed by atoms with van der Waals surface area (Å²) in [7, 11) is 0. The summed E-state index contributed by atoms with van der Waals surface area (Å²) in [4.78, 5) is 24.2. The molecule has 1 aliphatic heterocycles.